The molecule has 0 aromatic carbocycles. The third kappa shape index (κ3) is 11.8. The molecule has 3 heterocycles. The highest BCUT2D eigenvalue weighted by Crippen LogP contribution is 2.09. The van der Waals surface area contributed by atoms with Gasteiger partial charge in [0.15, 0.2) is 5.03 Å². The standard InChI is InChI=1S/C24H36N4O8S/c29-23-5-1-3-21(25-23)19-27-7-11-33-15-17-35-13-9-28(10-14-36-18-16-34-12-8-27)20-22-4-2-6-24(26-22)37(30,31)32/h1-6H,7-20H2,(H,25,29)(H,30,31,32). The number of hydrogen-bond donors (Lipinski definition) is 2. The first kappa shape index (κ1) is 29.3. The van der Waals surface area contributed by atoms with Crippen molar-refractivity contribution in [1.82, 2.24) is 19.8 Å². The van der Waals surface area contributed by atoms with E-state index in [1.807, 2.05) is 11.0 Å². The smallest absolute Gasteiger partial charge is 0.312 e. The lowest BCUT2D eigenvalue weighted by Crippen LogP contribution is -2.33. The number of nitrogens with one attached hydrogen (secondary N) is 1. The zero-order valence-corrected chi connectivity index (χ0v) is 21.7. The first-order valence-electron chi connectivity index (χ1n) is 12.3. The summed E-state index contributed by atoms with van der Waals surface area (Å²) in [5.74, 6) is 0. The highest BCUT2D eigenvalue weighted by atomic mass is 32.2. The summed E-state index contributed by atoms with van der Waals surface area (Å²) in [7, 11) is -4.36. The van der Waals surface area contributed by atoms with Gasteiger partial charge in [0.25, 0.3) is 0 Å². The van der Waals surface area contributed by atoms with Gasteiger partial charge in [0.2, 0.25) is 5.56 Å². The molecule has 12 nitrogen and oxygen atoms in total. The highest BCUT2D eigenvalue weighted by molar-refractivity contribution is 7.85. The summed E-state index contributed by atoms with van der Waals surface area (Å²) in [6, 6.07) is 9.64. The van der Waals surface area contributed by atoms with Crippen LogP contribution in [0, 0.1) is 0 Å². The zero-order valence-electron chi connectivity index (χ0n) is 20.9. The fourth-order valence-electron chi connectivity index (χ4n) is 3.70. The van der Waals surface area contributed by atoms with Crippen molar-refractivity contribution in [2.45, 2.75) is 18.1 Å². The maximum Gasteiger partial charge on any atom is 0.312 e. The average Bonchev–Trinajstić information content (AvgIpc) is 2.86. The average molecular weight is 541 g/mol. The van der Waals surface area contributed by atoms with Gasteiger partial charge >= 0.3 is 10.1 Å². The molecule has 2 aromatic heterocycles. The Labute approximate surface area is 217 Å². The molecular formula is C24H36N4O8S. The molecule has 0 atom stereocenters. The van der Waals surface area contributed by atoms with Crippen LogP contribution in [-0.2, 0) is 42.2 Å². The lowest BCUT2D eigenvalue weighted by molar-refractivity contribution is 0.00597. The maximum atomic E-state index is 11.6. The SMILES string of the molecule is O=c1cccc(CN2CCOCCOCCN(Cc3cccc(S(=O)(=O)O)n3)CCOCCOCC2)[nH]1. The molecule has 2 N–H and O–H groups in total. The lowest BCUT2D eigenvalue weighted by atomic mass is 10.3. The van der Waals surface area contributed by atoms with Gasteiger partial charge in [0.05, 0.1) is 58.5 Å². The van der Waals surface area contributed by atoms with Gasteiger partial charge in [0.1, 0.15) is 0 Å². The Kier molecular flexibility index (Phi) is 12.6. The van der Waals surface area contributed by atoms with Crippen molar-refractivity contribution in [1.29, 1.82) is 0 Å². The van der Waals surface area contributed by atoms with E-state index < -0.39 is 10.1 Å². The van der Waals surface area contributed by atoms with Gasteiger partial charge in [0, 0.05) is 51.0 Å². The molecule has 37 heavy (non-hydrogen) atoms. The minimum Gasteiger partial charge on any atom is -0.378 e. The van der Waals surface area contributed by atoms with Crippen LogP contribution in [0.3, 0.4) is 0 Å². The summed E-state index contributed by atoms with van der Waals surface area (Å²) in [5, 5.41) is -0.371. The van der Waals surface area contributed by atoms with E-state index in [4.69, 9.17) is 18.9 Å². The molecule has 0 radical (unpaired) electrons. The van der Waals surface area contributed by atoms with Gasteiger partial charge in [-0.15, -0.1) is 0 Å². The largest absolute Gasteiger partial charge is 0.378 e. The molecule has 0 unspecified atom stereocenters. The molecule has 2 aromatic rings. The Hall–Kier alpha value is -2.23. The predicted molar refractivity (Wildman–Crippen MR) is 135 cm³/mol. The number of rotatable bonds is 5. The Balaban J connectivity index is 1.49. The van der Waals surface area contributed by atoms with E-state index in [1.54, 1.807) is 18.2 Å². The topological polar surface area (TPSA) is 144 Å². The predicted octanol–water partition coefficient (Wildman–Crippen LogP) is 0.401. The van der Waals surface area contributed by atoms with E-state index in [9.17, 15) is 17.8 Å². The number of ether oxygens (including phenoxy) is 4. The van der Waals surface area contributed by atoms with Gasteiger partial charge < -0.3 is 23.9 Å². The monoisotopic (exact) mass is 540 g/mol. The quantitative estimate of drug-likeness (QED) is 0.509. The van der Waals surface area contributed by atoms with Crippen LogP contribution in [0.25, 0.3) is 0 Å². The summed E-state index contributed by atoms with van der Waals surface area (Å²) in [6.45, 7) is 7.24. The summed E-state index contributed by atoms with van der Waals surface area (Å²) in [5.41, 5.74) is 1.24. The lowest BCUT2D eigenvalue weighted by Gasteiger charge is -2.23. The molecule has 0 saturated carbocycles. The third-order valence-corrected chi connectivity index (χ3v) is 6.36. The molecule has 0 spiro atoms. The van der Waals surface area contributed by atoms with Crippen LogP contribution < -0.4 is 5.56 Å². The summed E-state index contributed by atoms with van der Waals surface area (Å²) < 4.78 is 55.0. The van der Waals surface area contributed by atoms with Gasteiger partial charge in [-0.25, -0.2) is 4.98 Å². The van der Waals surface area contributed by atoms with Crippen LogP contribution in [-0.4, -0.2) is 112 Å². The molecule has 1 aliphatic heterocycles. The first-order chi connectivity index (χ1) is 17.9. The van der Waals surface area contributed by atoms with Crippen molar-refractivity contribution in [3.8, 4) is 0 Å². The summed E-state index contributed by atoms with van der Waals surface area (Å²) in [6.07, 6.45) is 0. The molecule has 0 bridgehead atoms. The second kappa shape index (κ2) is 15.9. The van der Waals surface area contributed by atoms with Crippen molar-refractivity contribution in [3.05, 3.63) is 58.1 Å². The van der Waals surface area contributed by atoms with Crippen LogP contribution in [0.5, 0.6) is 0 Å². The van der Waals surface area contributed by atoms with E-state index in [1.165, 1.54) is 12.1 Å². The number of aromatic nitrogens is 2. The zero-order chi connectivity index (χ0) is 26.3. The second-order valence-electron chi connectivity index (χ2n) is 8.48. The normalized spacial score (nSPS) is 19.2. The fourth-order valence-corrected chi connectivity index (χ4v) is 4.19. The Morgan fingerprint density at radius 3 is 1.78 bits per heavy atom. The van der Waals surface area contributed by atoms with Gasteiger partial charge in [-0.3, -0.25) is 19.1 Å². The van der Waals surface area contributed by atoms with Crippen molar-refractivity contribution < 1.29 is 31.9 Å². The third-order valence-electron chi connectivity index (χ3n) is 5.61. The molecule has 1 aliphatic rings. The fraction of sp³-hybridized carbons (Fsp3) is 0.583. The molecule has 3 rings (SSSR count). The number of pyridine rings is 2. The van der Waals surface area contributed by atoms with E-state index >= 15 is 0 Å². The van der Waals surface area contributed by atoms with E-state index in [0.717, 1.165) is 5.69 Å². The van der Waals surface area contributed by atoms with E-state index in [-0.39, 0.29) is 10.6 Å². The molecular weight excluding hydrogens is 504 g/mol. The van der Waals surface area contributed by atoms with Crippen LogP contribution in [0.2, 0.25) is 0 Å². The minimum atomic E-state index is -4.36. The highest BCUT2D eigenvalue weighted by Gasteiger charge is 2.14. The second-order valence-corrected chi connectivity index (χ2v) is 9.85. The van der Waals surface area contributed by atoms with Gasteiger partial charge in [-0.2, -0.15) is 8.42 Å². The number of hydrogen-bond acceptors (Lipinski definition) is 10. The number of aromatic amines is 1. The summed E-state index contributed by atoms with van der Waals surface area (Å²) in [4.78, 5) is 22.7. The van der Waals surface area contributed by atoms with Crippen LogP contribution in [0.1, 0.15) is 11.4 Å². The maximum absolute atomic E-state index is 11.6. The van der Waals surface area contributed by atoms with Crippen LogP contribution in [0.4, 0.5) is 0 Å². The first-order valence-corrected chi connectivity index (χ1v) is 13.7. The van der Waals surface area contributed by atoms with Crippen LogP contribution >= 0.6 is 0 Å². The molecule has 206 valence electrons. The molecule has 13 heteroatoms. The Bertz CT molecular complexity index is 1080. The molecule has 0 aliphatic carbocycles. The number of H-pyrrole nitrogens is 1. The van der Waals surface area contributed by atoms with Crippen LogP contribution in [0.15, 0.2) is 46.2 Å². The van der Waals surface area contributed by atoms with Crippen molar-refractivity contribution in [2.75, 3.05) is 79.0 Å². The number of nitrogens with zero attached hydrogens (tertiary/aromatic N) is 3. The van der Waals surface area contributed by atoms with Crippen molar-refractivity contribution >= 4 is 10.1 Å². The van der Waals surface area contributed by atoms with Gasteiger partial charge in [-0.05, 0) is 18.2 Å². The Morgan fingerprint density at radius 1 is 0.757 bits per heavy atom. The van der Waals surface area contributed by atoms with Crippen molar-refractivity contribution in [3.63, 3.8) is 0 Å². The minimum absolute atomic E-state index is 0.123. The van der Waals surface area contributed by atoms with E-state index in [0.29, 0.717) is 97.8 Å². The van der Waals surface area contributed by atoms with Gasteiger partial charge in [-0.1, -0.05) is 12.1 Å². The van der Waals surface area contributed by atoms with E-state index in [2.05, 4.69) is 14.9 Å². The molecule has 1 saturated heterocycles. The van der Waals surface area contributed by atoms with Crippen molar-refractivity contribution in [2.24, 2.45) is 0 Å². The summed E-state index contributed by atoms with van der Waals surface area (Å²) >= 11 is 0. The molecule has 1 fully saturated rings. The Morgan fingerprint density at radius 2 is 1.27 bits per heavy atom. The molecule has 0 amide bonds.